The van der Waals surface area contributed by atoms with E-state index in [2.05, 4.69) is 17.9 Å². The maximum absolute atomic E-state index is 12.5. The van der Waals surface area contributed by atoms with E-state index < -0.39 is 18.2 Å². The Morgan fingerprint density at radius 2 is 1.94 bits per heavy atom. The van der Waals surface area contributed by atoms with Gasteiger partial charge in [-0.1, -0.05) is 13.0 Å². The second-order valence-corrected chi connectivity index (χ2v) is 7.03. The Morgan fingerprint density at radius 1 is 1.23 bits per heavy atom. The van der Waals surface area contributed by atoms with E-state index in [1.807, 2.05) is 13.0 Å². The minimum Gasteiger partial charge on any atom is -0.504 e. The molecule has 1 amide bonds. The number of thiol groups is 1. The van der Waals surface area contributed by atoms with Gasteiger partial charge in [0, 0.05) is 11.6 Å². The Morgan fingerprint density at radius 3 is 2.52 bits per heavy atom. The van der Waals surface area contributed by atoms with Crippen molar-refractivity contribution in [2.24, 2.45) is 5.92 Å². The zero-order chi connectivity index (χ0) is 22.8. The number of carbonyl (C=O) groups is 2. The minimum absolute atomic E-state index is 0.0202. The molecular weight excluding hydrogens is 420 g/mol. The summed E-state index contributed by atoms with van der Waals surface area (Å²) < 4.78 is 15.8. The number of benzene rings is 2. The highest BCUT2D eigenvalue weighted by molar-refractivity contribution is 7.81. The molecular formula is C22H24N2O6S. The van der Waals surface area contributed by atoms with Crippen molar-refractivity contribution in [1.82, 2.24) is 0 Å². The number of aromatic hydroxyl groups is 1. The molecule has 0 fully saturated rings. The van der Waals surface area contributed by atoms with Crippen molar-refractivity contribution >= 4 is 30.4 Å². The fourth-order valence-electron chi connectivity index (χ4n) is 2.84. The summed E-state index contributed by atoms with van der Waals surface area (Å²) in [4.78, 5) is 23.8. The molecule has 0 aliphatic carbocycles. The zero-order valence-corrected chi connectivity index (χ0v) is 18.1. The number of amides is 1. The molecule has 0 heterocycles. The lowest BCUT2D eigenvalue weighted by atomic mass is 9.94. The van der Waals surface area contributed by atoms with E-state index in [0.29, 0.717) is 29.0 Å². The van der Waals surface area contributed by atoms with E-state index in [1.165, 1.54) is 13.2 Å². The summed E-state index contributed by atoms with van der Waals surface area (Å²) in [6, 6.07) is 13.1. The lowest BCUT2D eigenvalue weighted by molar-refractivity contribution is -0.141. The van der Waals surface area contributed by atoms with Gasteiger partial charge in [0.2, 0.25) is 0 Å². The molecule has 2 aromatic carbocycles. The summed E-state index contributed by atoms with van der Waals surface area (Å²) in [7, 11) is 1.44. The summed E-state index contributed by atoms with van der Waals surface area (Å²) >= 11 is 3.86. The Labute approximate surface area is 186 Å². The Balaban J connectivity index is 2.15. The third-order valence-electron chi connectivity index (χ3n) is 4.51. The number of nitrogens with zero attached hydrogens (tertiary/aromatic N) is 1. The molecule has 2 N–H and O–H groups in total. The third-order valence-corrected chi connectivity index (χ3v) is 4.77. The highest BCUT2D eigenvalue weighted by Gasteiger charge is 2.25. The summed E-state index contributed by atoms with van der Waals surface area (Å²) in [5.41, 5.74) is 1.49. The first-order valence-electron chi connectivity index (χ1n) is 9.49. The largest absolute Gasteiger partial charge is 0.504 e. The van der Waals surface area contributed by atoms with Crippen molar-refractivity contribution < 1.29 is 28.9 Å². The number of carbonyl (C=O) groups excluding carboxylic acids is 2. The molecule has 0 bridgehead atoms. The predicted octanol–water partition coefficient (Wildman–Crippen LogP) is 4.06. The van der Waals surface area contributed by atoms with Crippen molar-refractivity contribution in [2.75, 3.05) is 24.8 Å². The van der Waals surface area contributed by atoms with E-state index in [4.69, 9.17) is 19.5 Å². The summed E-state index contributed by atoms with van der Waals surface area (Å²) in [5.74, 6) is -0.496. The highest BCUT2D eigenvalue weighted by atomic mass is 32.1. The molecule has 0 radical (unpaired) electrons. The van der Waals surface area contributed by atoms with Gasteiger partial charge in [0.15, 0.2) is 11.5 Å². The van der Waals surface area contributed by atoms with E-state index in [0.717, 1.165) is 0 Å². The van der Waals surface area contributed by atoms with Gasteiger partial charge in [-0.25, -0.2) is 4.79 Å². The van der Waals surface area contributed by atoms with Crippen LogP contribution in [-0.2, 0) is 14.3 Å². The molecule has 2 atom stereocenters. The van der Waals surface area contributed by atoms with Gasteiger partial charge in [-0.3, -0.25) is 10.1 Å². The average Bonchev–Trinajstić information content (AvgIpc) is 2.77. The number of hydrogen-bond donors (Lipinski definition) is 3. The van der Waals surface area contributed by atoms with Crippen LogP contribution in [0.3, 0.4) is 0 Å². The molecule has 0 aromatic heterocycles. The van der Waals surface area contributed by atoms with Crippen molar-refractivity contribution in [3.8, 4) is 17.6 Å². The monoisotopic (exact) mass is 444 g/mol. The number of phenolic OH excluding ortho intramolecular Hbond substituents is 1. The van der Waals surface area contributed by atoms with Crippen LogP contribution in [0.2, 0.25) is 0 Å². The van der Waals surface area contributed by atoms with Crippen LogP contribution in [0.5, 0.6) is 11.5 Å². The number of hydrogen-bond acceptors (Lipinski definition) is 8. The fraction of sp³-hybridized carbons (Fsp3) is 0.318. The molecule has 8 nitrogen and oxygen atoms in total. The maximum Gasteiger partial charge on any atom is 0.412 e. The highest BCUT2D eigenvalue weighted by Crippen LogP contribution is 2.35. The summed E-state index contributed by atoms with van der Waals surface area (Å²) in [6.45, 7) is 1.98. The third kappa shape index (κ3) is 7.12. The van der Waals surface area contributed by atoms with Gasteiger partial charge in [-0.15, -0.1) is 0 Å². The van der Waals surface area contributed by atoms with Crippen LogP contribution in [0.15, 0.2) is 42.5 Å². The summed E-state index contributed by atoms with van der Waals surface area (Å²) in [6.07, 6.45) is -1.02. The predicted molar refractivity (Wildman–Crippen MR) is 117 cm³/mol. The van der Waals surface area contributed by atoms with Crippen LogP contribution in [0.4, 0.5) is 10.5 Å². The second-order valence-electron chi connectivity index (χ2n) is 6.72. The molecule has 2 rings (SSSR count). The van der Waals surface area contributed by atoms with Crippen molar-refractivity contribution in [2.45, 2.75) is 19.4 Å². The summed E-state index contributed by atoms with van der Waals surface area (Å²) in [5, 5.41) is 21.6. The average molecular weight is 445 g/mol. The molecule has 0 saturated carbocycles. The molecule has 0 saturated heterocycles. The topological polar surface area (TPSA) is 118 Å². The van der Waals surface area contributed by atoms with Crippen LogP contribution in [0.1, 0.15) is 30.6 Å². The number of phenols is 1. The number of ether oxygens (including phenoxy) is 3. The number of methoxy groups -OCH3 is 1. The molecule has 164 valence electrons. The van der Waals surface area contributed by atoms with Crippen LogP contribution in [0, 0.1) is 17.2 Å². The minimum atomic E-state index is -0.732. The molecule has 2 aromatic rings. The first kappa shape index (κ1) is 23.9. The molecule has 31 heavy (non-hydrogen) atoms. The Hall–Kier alpha value is -3.38. The zero-order valence-electron chi connectivity index (χ0n) is 17.2. The molecule has 9 heteroatoms. The van der Waals surface area contributed by atoms with E-state index >= 15 is 0 Å². The quantitative estimate of drug-likeness (QED) is 0.394. The van der Waals surface area contributed by atoms with Crippen molar-refractivity contribution in [3.63, 3.8) is 0 Å². The fourth-order valence-corrected chi connectivity index (χ4v) is 2.93. The van der Waals surface area contributed by atoms with Crippen molar-refractivity contribution in [3.05, 3.63) is 53.6 Å². The van der Waals surface area contributed by atoms with Crippen molar-refractivity contribution in [1.29, 1.82) is 5.26 Å². The Kier molecular flexibility index (Phi) is 9.03. The van der Waals surface area contributed by atoms with E-state index in [-0.39, 0.29) is 24.0 Å². The van der Waals surface area contributed by atoms with Crippen LogP contribution < -0.4 is 10.1 Å². The van der Waals surface area contributed by atoms with Gasteiger partial charge < -0.3 is 19.3 Å². The molecule has 0 aliphatic rings. The number of anilines is 1. The van der Waals surface area contributed by atoms with Gasteiger partial charge in [-0.2, -0.15) is 17.9 Å². The lowest BCUT2D eigenvalue weighted by Gasteiger charge is -2.25. The molecule has 0 spiro atoms. The number of nitriles is 1. The van der Waals surface area contributed by atoms with Crippen LogP contribution in [-0.4, -0.2) is 36.6 Å². The lowest BCUT2D eigenvalue weighted by Crippen LogP contribution is -2.23. The van der Waals surface area contributed by atoms with Gasteiger partial charge in [0.25, 0.3) is 0 Å². The van der Waals surface area contributed by atoms with Crippen LogP contribution in [0.25, 0.3) is 0 Å². The number of rotatable bonds is 9. The van der Waals surface area contributed by atoms with Gasteiger partial charge >= 0.3 is 12.1 Å². The van der Waals surface area contributed by atoms with Gasteiger partial charge in [-0.05, 0) is 48.4 Å². The van der Waals surface area contributed by atoms with Gasteiger partial charge in [0.05, 0.1) is 31.1 Å². The van der Waals surface area contributed by atoms with Gasteiger partial charge in [0.1, 0.15) is 6.10 Å². The molecule has 0 unspecified atom stereocenters. The first-order chi connectivity index (χ1) is 14.9. The maximum atomic E-state index is 12.5. The van der Waals surface area contributed by atoms with E-state index in [1.54, 1.807) is 36.4 Å². The molecule has 0 aliphatic heterocycles. The number of nitrogens with one attached hydrogen (secondary N) is 1. The van der Waals surface area contributed by atoms with Crippen LogP contribution >= 0.6 is 12.6 Å². The Bertz CT molecular complexity index is 942. The second kappa shape index (κ2) is 11.7. The SMILES string of the molecule is COc1ccc([C@H](OC(=O)Nc2ccc(C#N)cc2)[C@@H](C)CCOC(=O)CS)cc1O. The normalized spacial score (nSPS) is 12.2. The standard InChI is InChI=1S/C22H24N2O6S/c1-14(9-10-29-20(26)13-31)21(16-5-8-19(28-2)18(25)11-16)30-22(27)24-17-6-3-15(12-23)4-7-17/h3-8,11,14,21,25,31H,9-10,13H2,1-2H3,(H,24,27)/t14-,21+/m0/s1. The smallest absolute Gasteiger partial charge is 0.412 e. The van der Waals surface area contributed by atoms with E-state index in [9.17, 15) is 14.7 Å². The first-order valence-corrected chi connectivity index (χ1v) is 10.1. The number of esters is 1.